The number of amides is 1. The average molecular weight is 342 g/mol. The molecule has 3 nitrogen and oxygen atoms in total. The van der Waals surface area contributed by atoms with E-state index in [1.807, 2.05) is 13.1 Å². The third-order valence-electron chi connectivity index (χ3n) is 5.18. The number of fused-ring (bicyclic) bond motifs is 1. The Morgan fingerprint density at radius 1 is 1.28 bits per heavy atom. The van der Waals surface area contributed by atoms with Crippen molar-refractivity contribution in [3.63, 3.8) is 0 Å². The minimum atomic E-state index is -0.230. The zero-order chi connectivity index (χ0) is 18.0. The van der Waals surface area contributed by atoms with Gasteiger partial charge in [0.1, 0.15) is 11.5 Å². The molecule has 0 saturated carbocycles. The average Bonchev–Trinajstić information content (AvgIpc) is 2.87. The molecule has 0 spiro atoms. The monoisotopic (exact) mass is 342 g/mol. The number of rotatable bonds is 5. The first-order valence-corrected chi connectivity index (χ1v) is 9.23. The summed E-state index contributed by atoms with van der Waals surface area (Å²) in [6, 6.07) is 6.69. The van der Waals surface area contributed by atoms with E-state index < -0.39 is 0 Å². The number of hydrogen-bond acceptors (Lipinski definition) is 1. The minimum Gasteiger partial charge on any atom is -0.340 e. The van der Waals surface area contributed by atoms with E-state index in [-0.39, 0.29) is 11.7 Å². The summed E-state index contributed by atoms with van der Waals surface area (Å²) in [6.07, 6.45) is 5.30. The predicted molar refractivity (Wildman–Crippen MR) is 98.6 cm³/mol. The molecule has 2 aromatic rings. The minimum absolute atomic E-state index is 0.0742. The van der Waals surface area contributed by atoms with Gasteiger partial charge < -0.3 is 9.47 Å². The van der Waals surface area contributed by atoms with Crippen LogP contribution in [0, 0.1) is 12.7 Å². The van der Waals surface area contributed by atoms with Gasteiger partial charge >= 0.3 is 0 Å². The second kappa shape index (κ2) is 7.42. The number of aromatic nitrogens is 1. The molecule has 0 saturated heterocycles. The highest BCUT2D eigenvalue weighted by molar-refractivity contribution is 5.95. The van der Waals surface area contributed by atoms with Crippen molar-refractivity contribution in [2.75, 3.05) is 13.6 Å². The first-order valence-electron chi connectivity index (χ1n) is 9.23. The van der Waals surface area contributed by atoms with Crippen LogP contribution in [0.15, 0.2) is 24.3 Å². The Morgan fingerprint density at radius 2 is 2.04 bits per heavy atom. The molecule has 1 aromatic heterocycles. The lowest BCUT2D eigenvalue weighted by Gasteiger charge is -2.20. The van der Waals surface area contributed by atoms with Gasteiger partial charge in [0.25, 0.3) is 5.91 Å². The van der Waals surface area contributed by atoms with Crippen LogP contribution >= 0.6 is 0 Å². The Kier molecular flexibility index (Phi) is 5.26. The standard InChI is InChI=1S/C21H27FN2O/c1-4-12-23(3)21(25)20-15(2)18-10-5-6-11-19(18)24(20)14-16-8-7-9-17(22)13-16/h7-9,13H,4-6,10-12,14H2,1-3H3. The van der Waals surface area contributed by atoms with Gasteiger partial charge in [0.2, 0.25) is 0 Å². The molecule has 0 bridgehead atoms. The summed E-state index contributed by atoms with van der Waals surface area (Å²) < 4.78 is 15.8. The van der Waals surface area contributed by atoms with Crippen molar-refractivity contribution >= 4 is 5.91 Å². The maximum atomic E-state index is 13.6. The molecule has 4 heteroatoms. The van der Waals surface area contributed by atoms with E-state index in [9.17, 15) is 9.18 Å². The van der Waals surface area contributed by atoms with E-state index in [2.05, 4.69) is 18.4 Å². The van der Waals surface area contributed by atoms with Crippen LogP contribution in [-0.2, 0) is 19.4 Å². The summed E-state index contributed by atoms with van der Waals surface area (Å²) in [5.41, 5.74) is 5.39. The molecule has 3 rings (SSSR count). The fourth-order valence-corrected chi connectivity index (χ4v) is 3.96. The third kappa shape index (κ3) is 3.48. The lowest BCUT2D eigenvalue weighted by molar-refractivity contribution is 0.0784. The Morgan fingerprint density at radius 3 is 2.76 bits per heavy atom. The van der Waals surface area contributed by atoms with Crippen LogP contribution in [0.1, 0.15) is 59.1 Å². The van der Waals surface area contributed by atoms with E-state index in [1.165, 1.54) is 23.7 Å². The van der Waals surface area contributed by atoms with Gasteiger partial charge in [0, 0.05) is 25.8 Å². The summed E-state index contributed by atoms with van der Waals surface area (Å²) in [5, 5.41) is 0. The van der Waals surface area contributed by atoms with E-state index in [0.717, 1.165) is 49.0 Å². The Bertz CT molecular complexity index is 778. The van der Waals surface area contributed by atoms with Crippen molar-refractivity contribution in [1.29, 1.82) is 0 Å². The second-order valence-corrected chi connectivity index (χ2v) is 7.05. The molecular weight excluding hydrogens is 315 g/mol. The van der Waals surface area contributed by atoms with E-state index >= 15 is 0 Å². The molecule has 0 atom stereocenters. The lowest BCUT2D eigenvalue weighted by atomic mass is 9.95. The second-order valence-electron chi connectivity index (χ2n) is 7.05. The fourth-order valence-electron chi connectivity index (χ4n) is 3.96. The number of carbonyl (C=O) groups is 1. The summed E-state index contributed by atoms with van der Waals surface area (Å²) in [4.78, 5) is 14.9. The largest absolute Gasteiger partial charge is 0.340 e. The molecule has 25 heavy (non-hydrogen) atoms. The van der Waals surface area contributed by atoms with Gasteiger partial charge in [0.15, 0.2) is 0 Å². The molecule has 1 aliphatic carbocycles. The molecule has 0 aliphatic heterocycles. The van der Waals surface area contributed by atoms with Gasteiger partial charge in [0.05, 0.1) is 0 Å². The van der Waals surface area contributed by atoms with Crippen LogP contribution in [0.3, 0.4) is 0 Å². The summed E-state index contributed by atoms with van der Waals surface area (Å²) in [6.45, 7) is 5.44. The van der Waals surface area contributed by atoms with E-state index in [1.54, 1.807) is 17.0 Å². The van der Waals surface area contributed by atoms with Gasteiger partial charge in [-0.05, 0) is 67.9 Å². The molecule has 1 heterocycles. The van der Waals surface area contributed by atoms with Crippen LogP contribution < -0.4 is 0 Å². The van der Waals surface area contributed by atoms with Crippen molar-refractivity contribution in [1.82, 2.24) is 9.47 Å². The predicted octanol–water partition coefficient (Wildman–Crippen LogP) is 4.34. The molecule has 0 fully saturated rings. The molecule has 1 aromatic carbocycles. The molecule has 0 N–H and O–H groups in total. The van der Waals surface area contributed by atoms with Crippen LogP contribution in [0.4, 0.5) is 4.39 Å². The van der Waals surface area contributed by atoms with Gasteiger partial charge in [-0.2, -0.15) is 0 Å². The third-order valence-corrected chi connectivity index (χ3v) is 5.18. The fraction of sp³-hybridized carbons (Fsp3) is 0.476. The SMILES string of the molecule is CCCN(C)C(=O)c1c(C)c2c(n1Cc1cccc(F)c1)CCCC2. The highest BCUT2D eigenvalue weighted by atomic mass is 19.1. The van der Waals surface area contributed by atoms with Crippen LogP contribution in [-0.4, -0.2) is 29.0 Å². The Balaban J connectivity index is 2.06. The van der Waals surface area contributed by atoms with Crippen LogP contribution in [0.25, 0.3) is 0 Å². The smallest absolute Gasteiger partial charge is 0.270 e. The van der Waals surface area contributed by atoms with E-state index in [0.29, 0.717) is 6.54 Å². The summed E-state index contributed by atoms with van der Waals surface area (Å²) in [5.74, 6) is -0.156. The number of halogens is 1. The maximum Gasteiger partial charge on any atom is 0.270 e. The Hall–Kier alpha value is -2.10. The summed E-state index contributed by atoms with van der Waals surface area (Å²) >= 11 is 0. The molecule has 1 aliphatic rings. The summed E-state index contributed by atoms with van der Waals surface area (Å²) in [7, 11) is 1.86. The molecule has 0 unspecified atom stereocenters. The van der Waals surface area contributed by atoms with Crippen molar-refractivity contribution in [2.24, 2.45) is 0 Å². The number of nitrogens with zero attached hydrogens (tertiary/aromatic N) is 2. The highest BCUT2D eigenvalue weighted by Gasteiger charge is 2.27. The zero-order valence-electron chi connectivity index (χ0n) is 15.4. The normalized spacial score (nSPS) is 13.6. The first kappa shape index (κ1) is 17.7. The van der Waals surface area contributed by atoms with Gasteiger partial charge in [-0.25, -0.2) is 4.39 Å². The molecule has 0 radical (unpaired) electrons. The number of hydrogen-bond donors (Lipinski definition) is 0. The maximum absolute atomic E-state index is 13.6. The van der Waals surface area contributed by atoms with Crippen molar-refractivity contribution in [3.05, 3.63) is 58.2 Å². The number of carbonyl (C=O) groups excluding carboxylic acids is 1. The van der Waals surface area contributed by atoms with Crippen LogP contribution in [0.2, 0.25) is 0 Å². The van der Waals surface area contributed by atoms with Gasteiger partial charge in [-0.15, -0.1) is 0 Å². The lowest BCUT2D eigenvalue weighted by Crippen LogP contribution is -2.30. The van der Waals surface area contributed by atoms with Crippen LogP contribution in [0.5, 0.6) is 0 Å². The Labute approximate surface area is 149 Å². The quantitative estimate of drug-likeness (QED) is 0.793. The van der Waals surface area contributed by atoms with Crippen molar-refractivity contribution in [3.8, 4) is 0 Å². The van der Waals surface area contributed by atoms with Gasteiger partial charge in [-0.1, -0.05) is 19.1 Å². The zero-order valence-corrected chi connectivity index (χ0v) is 15.4. The topological polar surface area (TPSA) is 25.2 Å². The molecular formula is C21H27FN2O. The first-order chi connectivity index (χ1) is 12.0. The molecule has 1 amide bonds. The molecule has 134 valence electrons. The van der Waals surface area contributed by atoms with Gasteiger partial charge in [-0.3, -0.25) is 4.79 Å². The van der Waals surface area contributed by atoms with Crippen molar-refractivity contribution < 1.29 is 9.18 Å². The van der Waals surface area contributed by atoms with Crippen molar-refractivity contribution in [2.45, 2.75) is 52.5 Å². The number of benzene rings is 1. The van der Waals surface area contributed by atoms with E-state index in [4.69, 9.17) is 0 Å². The highest BCUT2D eigenvalue weighted by Crippen LogP contribution is 2.31.